The largest absolute Gasteiger partial charge is 0.500 e. The van der Waals surface area contributed by atoms with E-state index in [9.17, 15) is 9.59 Å². The van der Waals surface area contributed by atoms with Crippen molar-refractivity contribution in [2.45, 2.75) is 33.2 Å². The first-order valence-electron chi connectivity index (χ1n) is 8.41. The van der Waals surface area contributed by atoms with Crippen molar-refractivity contribution >= 4 is 31.7 Å². The van der Waals surface area contributed by atoms with Crippen LogP contribution in [0.3, 0.4) is 0 Å². The number of rotatable bonds is 12. The molecular weight excluding hydrogens is 360 g/mol. The highest BCUT2D eigenvalue weighted by Crippen LogP contribution is 2.22. The Morgan fingerprint density at radius 1 is 1.00 bits per heavy atom. The molecule has 0 heterocycles. The molecule has 0 spiro atoms. The van der Waals surface area contributed by atoms with Crippen LogP contribution in [-0.2, 0) is 13.3 Å². The van der Waals surface area contributed by atoms with E-state index in [-0.39, 0.29) is 16.2 Å². The van der Waals surface area contributed by atoms with Crippen molar-refractivity contribution in [1.29, 1.82) is 0 Å². The lowest BCUT2D eigenvalue weighted by Crippen LogP contribution is -2.46. The molecule has 0 saturated heterocycles. The van der Waals surface area contributed by atoms with Gasteiger partial charge in [0.2, 0.25) is 5.12 Å². The second kappa shape index (κ2) is 11.4. The molecule has 1 rings (SSSR count). The fraction of sp³-hybridized carbons (Fsp3) is 0.529. The summed E-state index contributed by atoms with van der Waals surface area (Å²) in [6.45, 7) is 7.27. The summed E-state index contributed by atoms with van der Waals surface area (Å²) in [5.74, 6) is -0.547. The molecule has 0 aliphatic heterocycles. The maximum atomic E-state index is 12.3. The molecule has 0 aliphatic rings. The zero-order valence-electron chi connectivity index (χ0n) is 14.9. The Balaban J connectivity index is 2.61. The van der Waals surface area contributed by atoms with E-state index >= 15 is 0 Å². The van der Waals surface area contributed by atoms with Gasteiger partial charge in [-0.05, 0) is 39.3 Å². The van der Waals surface area contributed by atoms with Crippen LogP contribution in [0.4, 0.5) is 0 Å². The summed E-state index contributed by atoms with van der Waals surface area (Å²) in [7, 11) is -2.69. The van der Waals surface area contributed by atoms with Gasteiger partial charge in [0.1, 0.15) is 0 Å². The van der Waals surface area contributed by atoms with E-state index in [1.54, 1.807) is 18.2 Å². The Labute approximate surface area is 154 Å². The second-order valence-corrected chi connectivity index (χ2v) is 8.87. The third-order valence-electron chi connectivity index (χ3n) is 3.33. The molecule has 0 bridgehead atoms. The van der Waals surface area contributed by atoms with Crippen molar-refractivity contribution in [3.63, 3.8) is 0 Å². The molecule has 0 unspecified atom stereocenters. The number of carboxylic acid groups (broad SMARTS) is 1. The minimum atomic E-state index is -2.69. The first-order chi connectivity index (χ1) is 12.0. The lowest BCUT2D eigenvalue weighted by Gasteiger charge is -2.28. The second-order valence-electron chi connectivity index (χ2n) is 5.07. The summed E-state index contributed by atoms with van der Waals surface area (Å²) in [5.41, 5.74) is 0.254. The summed E-state index contributed by atoms with van der Waals surface area (Å²) in [4.78, 5) is 23.5. The van der Waals surface area contributed by atoms with Gasteiger partial charge in [-0.2, -0.15) is 0 Å². The molecule has 0 radical (unpaired) electrons. The van der Waals surface area contributed by atoms with Gasteiger partial charge in [-0.3, -0.25) is 4.79 Å². The van der Waals surface area contributed by atoms with Crippen molar-refractivity contribution in [1.82, 2.24) is 0 Å². The smallest absolute Gasteiger partial charge is 0.478 e. The summed E-state index contributed by atoms with van der Waals surface area (Å²) < 4.78 is 17.3. The summed E-state index contributed by atoms with van der Waals surface area (Å²) in [5, 5.41) is 8.92. The van der Waals surface area contributed by atoms with Gasteiger partial charge in [0.15, 0.2) is 0 Å². The summed E-state index contributed by atoms with van der Waals surface area (Å²) >= 11 is 1.11. The molecule has 0 aliphatic carbocycles. The van der Waals surface area contributed by atoms with Crippen LogP contribution in [0.15, 0.2) is 24.3 Å². The molecule has 8 heteroatoms. The lowest BCUT2D eigenvalue weighted by atomic mass is 10.1. The van der Waals surface area contributed by atoms with Crippen molar-refractivity contribution in [2.24, 2.45) is 0 Å². The third-order valence-corrected chi connectivity index (χ3v) is 7.46. The number of carbonyl (C=O) groups excluding carboxylic acids is 1. The highest BCUT2D eigenvalue weighted by atomic mass is 32.2. The van der Waals surface area contributed by atoms with E-state index in [1.807, 2.05) is 20.8 Å². The van der Waals surface area contributed by atoms with Gasteiger partial charge >= 0.3 is 14.8 Å². The van der Waals surface area contributed by atoms with Crippen molar-refractivity contribution < 1.29 is 28.0 Å². The van der Waals surface area contributed by atoms with Gasteiger partial charge in [0.05, 0.1) is 5.56 Å². The topological polar surface area (TPSA) is 82.1 Å². The van der Waals surface area contributed by atoms with Crippen LogP contribution < -0.4 is 0 Å². The van der Waals surface area contributed by atoms with Crippen molar-refractivity contribution in [3.05, 3.63) is 35.4 Å². The maximum Gasteiger partial charge on any atom is 0.500 e. The molecule has 1 aromatic carbocycles. The number of hydrogen-bond acceptors (Lipinski definition) is 6. The molecule has 140 valence electrons. The lowest BCUT2D eigenvalue weighted by molar-refractivity contribution is 0.0690. The number of hydrogen-bond donors (Lipinski definition) is 1. The highest BCUT2D eigenvalue weighted by molar-refractivity contribution is 8.14. The monoisotopic (exact) mass is 386 g/mol. The zero-order chi connectivity index (χ0) is 18.7. The SMILES string of the molecule is CCO[Si](CCCSC(=O)c1ccccc1C(=O)O)(OCC)OCC. The van der Waals surface area contributed by atoms with Crippen molar-refractivity contribution in [2.75, 3.05) is 25.6 Å². The molecule has 1 aromatic rings. The van der Waals surface area contributed by atoms with Gasteiger partial charge < -0.3 is 18.4 Å². The van der Waals surface area contributed by atoms with Crippen LogP contribution >= 0.6 is 11.8 Å². The fourth-order valence-corrected chi connectivity index (χ4v) is 6.06. The quantitative estimate of drug-likeness (QED) is 0.433. The first kappa shape index (κ1) is 21.8. The van der Waals surface area contributed by atoms with Gasteiger partial charge in [-0.1, -0.05) is 23.9 Å². The predicted octanol–water partition coefficient (Wildman–Crippen LogP) is 3.70. The minimum absolute atomic E-state index is 0.0293. The normalized spacial score (nSPS) is 11.5. The van der Waals surface area contributed by atoms with Gasteiger partial charge in [-0.25, -0.2) is 4.79 Å². The van der Waals surface area contributed by atoms with Crippen LogP contribution in [0.25, 0.3) is 0 Å². The maximum absolute atomic E-state index is 12.3. The predicted molar refractivity (Wildman–Crippen MR) is 100 cm³/mol. The average Bonchev–Trinajstić information content (AvgIpc) is 2.59. The van der Waals surface area contributed by atoms with Crippen LogP contribution in [0.1, 0.15) is 47.9 Å². The number of thioether (sulfide) groups is 1. The Kier molecular flexibility index (Phi) is 9.99. The molecular formula is C17H26O6SSi. The Hall–Kier alpha value is -1.19. The minimum Gasteiger partial charge on any atom is -0.478 e. The van der Waals surface area contributed by atoms with Crippen LogP contribution in [-0.4, -0.2) is 50.6 Å². The van der Waals surface area contributed by atoms with Gasteiger partial charge in [0.25, 0.3) is 0 Å². The third kappa shape index (κ3) is 6.91. The molecule has 0 atom stereocenters. The van der Waals surface area contributed by atoms with Crippen LogP contribution in [0.2, 0.25) is 6.04 Å². The van der Waals surface area contributed by atoms with Crippen LogP contribution in [0.5, 0.6) is 0 Å². The number of benzene rings is 1. The molecule has 6 nitrogen and oxygen atoms in total. The Morgan fingerprint density at radius 2 is 1.52 bits per heavy atom. The highest BCUT2D eigenvalue weighted by Gasteiger charge is 2.39. The first-order valence-corrected chi connectivity index (χ1v) is 11.3. The van der Waals surface area contributed by atoms with E-state index in [1.165, 1.54) is 6.07 Å². The zero-order valence-corrected chi connectivity index (χ0v) is 16.8. The molecule has 0 saturated carbocycles. The average molecular weight is 387 g/mol. The summed E-state index contributed by atoms with van der Waals surface area (Å²) in [6.07, 6.45) is 0.692. The molecule has 0 aromatic heterocycles. The van der Waals surface area contributed by atoms with Gasteiger partial charge in [-0.15, -0.1) is 0 Å². The Morgan fingerprint density at radius 3 is 2.00 bits per heavy atom. The molecule has 1 N–H and O–H groups in total. The number of aromatic carboxylic acids is 1. The number of carbonyl (C=O) groups is 2. The van der Waals surface area contributed by atoms with E-state index in [4.69, 9.17) is 18.4 Å². The Bertz CT molecular complexity index is 549. The number of carboxylic acids is 1. The fourth-order valence-electron chi connectivity index (χ4n) is 2.38. The van der Waals surface area contributed by atoms with Crippen molar-refractivity contribution in [3.8, 4) is 0 Å². The van der Waals surface area contributed by atoms with E-state index < -0.39 is 14.8 Å². The van der Waals surface area contributed by atoms with Gasteiger partial charge in [0, 0.05) is 37.2 Å². The standard InChI is InChI=1S/C17H26O6SSi/c1-4-21-25(22-5-2,23-6-3)13-9-12-24-17(20)15-11-8-7-10-14(15)16(18)19/h7-8,10-11H,4-6,9,12-13H2,1-3H3,(H,18,19). The summed E-state index contributed by atoms with van der Waals surface area (Å²) in [6, 6.07) is 6.88. The molecule has 0 fully saturated rings. The van der Waals surface area contributed by atoms with E-state index in [2.05, 4.69) is 0 Å². The van der Waals surface area contributed by atoms with Crippen LogP contribution in [0, 0.1) is 0 Å². The van der Waals surface area contributed by atoms with E-state index in [0.29, 0.717) is 38.0 Å². The molecule has 0 amide bonds. The van der Waals surface area contributed by atoms with E-state index in [0.717, 1.165) is 11.8 Å². The molecule has 25 heavy (non-hydrogen) atoms.